The molecular formula is C15H16N2O5S. The minimum Gasteiger partial charge on any atom is -0.481 e. The van der Waals surface area contributed by atoms with E-state index in [1.165, 1.54) is 11.2 Å². The Labute approximate surface area is 136 Å². The molecule has 2 rings (SSSR count). The van der Waals surface area contributed by atoms with Crippen molar-refractivity contribution in [2.24, 2.45) is 0 Å². The van der Waals surface area contributed by atoms with Crippen LogP contribution in [0.15, 0.2) is 28.9 Å². The van der Waals surface area contributed by atoms with Gasteiger partial charge in [0.1, 0.15) is 0 Å². The molecule has 0 saturated heterocycles. The van der Waals surface area contributed by atoms with Crippen LogP contribution in [0.3, 0.4) is 0 Å². The van der Waals surface area contributed by atoms with E-state index < -0.39 is 11.9 Å². The Morgan fingerprint density at radius 3 is 2.74 bits per heavy atom. The van der Waals surface area contributed by atoms with Crippen LogP contribution in [0.2, 0.25) is 0 Å². The van der Waals surface area contributed by atoms with E-state index >= 15 is 0 Å². The standard InChI is InChI=1S/C15H16N2O5S/c1-9-8-11(16-14(20)10-4-3-7-22-10)23-13(9)15(21)17(2)6-5-12(18)19/h3-4,7-8H,5-6H2,1-2H3,(H,16,20)(H,18,19). The van der Waals surface area contributed by atoms with Gasteiger partial charge in [-0.05, 0) is 30.7 Å². The normalized spacial score (nSPS) is 10.3. The number of carboxylic acids is 1. The maximum Gasteiger partial charge on any atom is 0.305 e. The quantitative estimate of drug-likeness (QED) is 0.844. The lowest BCUT2D eigenvalue weighted by atomic mass is 10.2. The number of anilines is 1. The van der Waals surface area contributed by atoms with Crippen molar-refractivity contribution in [1.82, 2.24) is 4.90 Å². The SMILES string of the molecule is Cc1cc(NC(=O)c2ccco2)sc1C(=O)N(C)CCC(=O)O. The number of nitrogens with zero attached hydrogens (tertiary/aromatic N) is 1. The topological polar surface area (TPSA) is 99.9 Å². The lowest BCUT2D eigenvalue weighted by Crippen LogP contribution is -2.28. The molecule has 7 nitrogen and oxygen atoms in total. The highest BCUT2D eigenvalue weighted by molar-refractivity contribution is 7.18. The number of amides is 2. The van der Waals surface area contributed by atoms with E-state index in [-0.39, 0.29) is 24.6 Å². The van der Waals surface area contributed by atoms with Crippen LogP contribution < -0.4 is 5.32 Å². The summed E-state index contributed by atoms with van der Waals surface area (Å²) in [5.41, 5.74) is 0.719. The number of carbonyl (C=O) groups is 3. The number of thiophene rings is 1. The summed E-state index contributed by atoms with van der Waals surface area (Å²) < 4.78 is 5.01. The molecule has 8 heteroatoms. The van der Waals surface area contributed by atoms with Crippen LogP contribution in [0.25, 0.3) is 0 Å². The van der Waals surface area contributed by atoms with Crippen molar-refractivity contribution < 1.29 is 23.9 Å². The summed E-state index contributed by atoms with van der Waals surface area (Å²) in [6.45, 7) is 1.89. The maximum atomic E-state index is 12.3. The van der Waals surface area contributed by atoms with Gasteiger partial charge in [0, 0.05) is 13.6 Å². The predicted molar refractivity (Wildman–Crippen MR) is 84.9 cm³/mol. The summed E-state index contributed by atoms with van der Waals surface area (Å²) >= 11 is 1.14. The second-order valence-corrected chi connectivity index (χ2v) is 5.98. The molecule has 0 aliphatic heterocycles. The molecule has 0 aliphatic carbocycles. The lowest BCUT2D eigenvalue weighted by Gasteiger charge is -2.15. The Morgan fingerprint density at radius 2 is 2.13 bits per heavy atom. The number of aliphatic carboxylic acids is 1. The van der Waals surface area contributed by atoms with Crippen molar-refractivity contribution in [3.8, 4) is 0 Å². The Bertz CT molecular complexity index is 720. The van der Waals surface area contributed by atoms with Gasteiger partial charge in [0.2, 0.25) is 0 Å². The first-order valence-electron chi connectivity index (χ1n) is 6.81. The van der Waals surface area contributed by atoms with Gasteiger partial charge in [0.15, 0.2) is 5.76 Å². The highest BCUT2D eigenvalue weighted by Crippen LogP contribution is 2.28. The number of aryl methyl sites for hydroxylation is 1. The summed E-state index contributed by atoms with van der Waals surface area (Å²) in [6.07, 6.45) is 1.29. The van der Waals surface area contributed by atoms with Crippen LogP contribution in [0.1, 0.15) is 32.2 Å². The number of hydrogen-bond donors (Lipinski definition) is 2. The van der Waals surface area contributed by atoms with Gasteiger partial charge in [0.25, 0.3) is 11.8 Å². The third-order valence-electron chi connectivity index (χ3n) is 3.10. The maximum absolute atomic E-state index is 12.3. The molecule has 2 aromatic heterocycles. The third-order valence-corrected chi connectivity index (χ3v) is 4.24. The fraction of sp³-hybridized carbons (Fsp3) is 0.267. The van der Waals surface area contributed by atoms with E-state index in [0.717, 1.165) is 16.9 Å². The number of nitrogens with one attached hydrogen (secondary N) is 1. The van der Waals surface area contributed by atoms with Crippen molar-refractivity contribution >= 4 is 34.1 Å². The van der Waals surface area contributed by atoms with Gasteiger partial charge in [0.05, 0.1) is 22.6 Å². The summed E-state index contributed by atoms with van der Waals surface area (Å²) in [6, 6.07) is 4.85. The molecule has 0 aromatic carbocycles. The van der Waals surface area contributed by atoms with Gasteiger partial charge >= 0.3 is 5.97 Å². The van der Waals surface area contributed by atoms with Crippen molar-refractivity contribution in [1.29, 1.82) is 0 Å². The molecule has 0 fully saturated rings. The van der Waals surface area contributed by atoms with Crippen LogP contribution in [-0.4, -0.2) is 41.4 Å². The van der Waals surface area contributed by atoms with Gasteiger partial charge in [-0.2, -0.15) is 0 Å². The highest BCUT2D eigenvalue weighted by Gasteiger charge is 2.19. The second kappa shape index (κ2) is 7.10. The molecule has 0 aliphatic rings. The zero-order chi connectivity index (χ0) is 17.0. The van der Waals surface area contributed by atoms with Crippen molar-refractivity contribution in [2.75, 3.05) is 18.9 Å². The first kappa shape index (κ1) is 16.8. The molecule has 23 heavy (non-hydrogen) atoms. The molecule has 2 amide bonds. The molecule has 0 saturated carbocycles. The van der Waals surface area contributed by atoms with Gasteiger partial charge in [-0.1, -0.05) is 0 Å². The number of furan rings is 1. The van der Waals surface area contributed by atoms with Crippen molar-refractivity contribution in [3.63, 3.8) is 0 Å². The Hall–Kier alpha value is -2.61. The molecule has 0 spiro atoms. The molecular weight excluding hydrogens is 320 g/mol. The summed E-state index contributed by atoms with van der Waals surface area (Å²) in [5, 5.41) is 11.9. The van der Waals surface area contributed by atoms with E-state index in [9.17, 15) is 14.4 Å². The molecule has 0 radical (unpaired) electrons. The van der Waals surface area contributed by atoms with Gasteiger partial charge in [-0.25, -0.2) is 0 Å². The Morgan fingerprint density at radius 1 is 1.39 bits per heavy atom. The van der Waals surface area contributed by atoms with Crippen LogP contribution in [0, 0.1) is 6.92 Å². The number of hydrogen-bond acceptors (Lipinski definition) is 5. The first-order chi connectivity index (χ1) is 10.9. The number of rotatable bonds is 6. The molecule has 2 heterocycles. The Balaban J connectivity index is 2.07. The molecule has 2 aromatic rings. The molecule has 2 N–H and O–H groups in total. The lowest BCUT2D eigenvalue weighted by molar-refractivity contribution is -0.137. The first-order valence-corrected chi connectivity index (χ1v) is 7.62. The summed E-state index contributed by atoms with van der Waals surface area (Å²) in [4.78, 5) is 36.6. The van der Waals surface area contributed by atoms with Crippen LogP contribution in [0.5, 0.6) is 0 Å². The monoisotopic (exact) mass is 336 g/mol. The molecule has 0 atom stereocenters. The summed E-state index contributed by atoms with van der Waals surface area (Å²) in [7, 11) is 1.55. The smallest absolute Gasteiger partial charge is 0.305 e. The van der Waals surface area contributed by atoms with E-state index in [1.807, 2.05) is 0 Å². The average molecular weight is 336 g/mol. The summed E-state index contributed by atoms with van der Waals surface area (Å²) in [5.74, 6) is -1.44. The van der Waals surface area contributed by atoms with Crippen molar-refractivity contribution in [2.45, 2.75) is 13.3 Å². The minimum atomic E-state index is -0.959. The van der Waals surface area contributed by atoms with E-state index in [2.05, 4.69) is 5.32 Å². The van der Waals surface area contributed by atoms with Crippen molar-refractivity contribution in [3.05, 3.63) is 40.7 Å². The third kappa shape index (κ3) is 4.19. The van der Waals surface area contributed by atoms with Gasteiger partial charge in [-0.15, -0.1) is 11.3 Å². The van der Waals surface area contributed by atoms with E-state index in [1.54, 1.807) is 32.2 Å². The Kier molecular flexibility index (Phi) is 5.17. The van der Waals surface area contributed by atoms with Crippen LogP contribution >= 0.6 is 11.3 Å². The predicted octanol–water partition coefficient (Wildman–Crippen LogP) is 2.45. The largest absolute Gasteiger partial charge is 0.481 e. The molecule has 122 valence electrons. The second-order valence-electron chi connectivity index (χ2n) is 4.92. The van der Waals surface area contributed by atoms with Gasteiger partial charge in [-0.3, -0.25) is 14.4 Å². The van der Waals surface area contributed by atoms with E-state index in [4.69, 9.17) is 9.52 Å². The van der Waals surface area contributed by atoms with Crippen LogP contribution in [0.4, 0.5) is 5.00 Å². The number of carbonyl (C=O) groups excluding carboxylic acids is 2. The minimum absolute atomic E-state index is 0.116. The zero-order valence-corrected chi connectivity index (χ0v) is 13.5. The molecule has 0 bridgehead atoms. The van der Waals surface area contributed by atoms with Gasteiger partial charge < -0.3 is 19.7 Å². The van der Waals surface area contributed by atoms with E-state index in [0.29, 0.717) is 9.88 Å². The number of carboxylic acid groups (broad SMARTS) is 1. The zero-order valence-electron chi connectivity index (χ0n) is 12.7. The average Bonchev–Trinajstić information content (AvgIpc) is 3.13. The fourth-order valence-electron chi connectivity index (χ4n) is 1.88. The molecule has 0 unspecified atom stereocenters. The van der Waals surface area contributed by atoms with Crippen LogP contribution in [-0.2, 0) is 4.79 Å². The fourth-order valence-corrected chi connectivity index (χ4v) is 2.94. The highest BCUT2D eigenvalue weighted by atomic mass is 32.1.